The molecule has 1 aromatic carbocycles. The molecule has 0 spiro atoms. The van der Waals surface area contributed by atoms with Crippen LogP contribution in [0.5, 0.6) is 5.75 Å². The van der Waals surface area contributed by atoms with Crippen LogP contribution in [0.15, 0.2) is 35.5 Å². The lowest BCUT2D eigenvalue weighted by molar-refractivity contribution is 0.350. The van der Waals surface area contributed by atoms with Gasteiger partial charge in [0.2, 0.25) is 5.02 Å². The molecule has 0 aliphatic rings. The normalized spacial score (nSPS) is 10.6. The molecule has 19 heavy (non-hydrogen) atoms. The van der Waals surface area contributed by atoms with Gasteiger partial charge in [-0.1, -0.05) is 59.4 Å². The van der Waals surface area contributed by atoms with Gasteiger partial charge in [-0.25, -0.2) is 0 Å². The third-order valence-corrected chi connectivity index (χ3v) is 4.20. The SMILES string of the molecule is CC(C)=C[Si]CCCCc1ccccc1OC(Cl)Cl. The molecule has 0 heterocycles. The number of benzene rings is 1. The van der Waals surface area contributed by atoms with Crippen molar-refractivity contribution >= 4 is 32.7 Å². The second kappa shape index (κ2) is 9.46. The molecule has 1 rings (SSSR count). The van der Waals surface area contributed by atoms with Crippen LogP contribution >= 0.6 is 23.2 Å². The number of rotatable bonds is 8. The third kappa shape index (κ3) is 7.66. The lowest BCUT2D eigenvalue weighted by Gasteiger charge is -2.11. The molecule has 0 saturated carbocycles. The Balaban J connectivity index is 2.34. The quantitative estimate of drug-likeness (QED) is 0.364. The average Bonchev–Trinajstić information content (AvgIpc) is 2.34. The Hall–Kier alpha value is -0.443. The Bertz CT molecular complexity index is 401. The Morgan fingerprint density at radius 1 is 1.26 bits per heavy atom. The molecule has 0 saturated heterocycles. The first-order valence-corrected chi connectivity index (χ1v) is 8.65. The van der Waals surface area contributed by atoms with Gasteiger partial charge in [-0.3, -0.25) is 0 Å². The number of para-hydroxylation sites is 1. The van der Waals surface area contributed by atoms with Gasteiger partial charge in [0.05, 0.1) is 9.52 Å². The second-order valence-corrected chi connectivity index (χ2v) is 6.83. The van der Waals surface area contributed by atoms with Gasteiger partial charge in [0, 0.05) is 0 Å². The maximum Gasteiger partial charge on any atom is 0.247 e. The smallest absolute Gasteiger partial charge is 0.247 e. The molecule has 2 radical (unpaired) electrons. The molecule has 0 atom stereocenters. The van der Waals surface area contributed by atoms with Crippen LogP contribution in [-0.4, -0.2) is 14.5 Å². The summed E-state index contributed by atoms with van der Waals surface area (Å²) < 4.78 is 5.38. The molecule has 0 fully saturated rings. The van der Waals surface area contributed by atoms with Gasteiger partial charge in [-0.15, -0.1) is 5.70 Å². The molecule has 0 amide bonds. The number of aryl methyl sites for hydroxylation is 1. The summed E-state index contributed by atoms with van der Waals surface area (Å²) in [6.45, 7) is 4.30. The minimum atomic E-state index is -0.805. The van der Waals surface area contributed by atoms with Crippen LogP contribution in [0.4, 0.5) is 0 Å². The second-order valence-electron chi connectivity index (χ2n) is 4.62. The van der Waals surface area contributed by atoms with Crippen LogP contribution in [0.3, 0.4) is 0 Å². The van der Waals surface area contributed by atoms with E-state index in [0.29, 0.717) is 0 Å². The fraction of sp³-hybridized carbons (Fsp3) is 0.467. The number of hydrogen-bond acceptors (Lipinski definition) is 1. The molecule has 1 aromatic rings. The highest BCUT2D eigenvalue weighted by Crippen LogP contribution is 2.23. The molecular weight excluding hydrogens is 295 g/mol. The minimum Gasteiger partial charge on any atom is -0.460 e. The highest BCUT2D eigenvalue weighted by molar-refractivity contribution is 6.43. The lowest BCUT2D eigenvalue weighted by atomic mass is 10.1. The van der Waals surface area contributed by atoms with Crippen molar-refractivity contribution in [1.29, 1.82) is 0 Å². The number of unbranched alkanes of at least 4 members (excludes halogenated alkanes) is 1. The van der Waals surface area contributed by atoms with Crippen LogP contribution in [0.2, 0.25) is 6.04 Å². The van der Waals surface area contributed by atoms with Crippen molar-refractivity contribution in [2.24, 2.45) is 0 Å². The Morgan fingerprint density at radius 2 is 2.00 bits per heavy atom. The summed E-state index contributed by atoms with van der Waals surface area (Å²) in [7, 11) is 0.938. The molecule has 0 aliphatic heterocycles. The summed E-state index contributed by atoms with van der Waals surface area (Å²) in [6, 6.07) is 9.21. The molecule has 0 bridgehead atoms. The summed E-state index contributed by atoms with van der Waals surface area (Å²) in [4.78, 5) is 0. The van der Waals surface area contributed by atoms with Crippen LogP contribution in [-0.2, 0) is 6.42 Å². The van der Waals surface area contributed by atoms with Crippen LogP contribution in [0, 0.1) is 0 Å². The van der Waals surface area contributed by atoms with Crippen LogP contribution in [0.25, 0.3) is 0 Å². The first kappa shape index (κ1) is 16.6. The van der Waals surface area contributed by atoms with Crippen molar-refractivity contribution in [2.45, 2.75) is 44.2 Å². The molecule has 1 nitrogen and oxygen atoms in total. The maximum atomic E-state index is 5.65. The van der Waals surface area contributed by atoms with Crippen molar-refractivity contribution in [3.05, 3.63) is 41.1 Å². The predicted molar refractivity (Wildman–Crippen MR) is 85.5 cm³/mol. The Kier molecular flexibility index (Phi) is 8.27. The highest BCUT2D eigenvalue weighted by atomic mass is 35.5. The Labute approximate surface area is 128 Å². The molecule has 0 aliphatic carbocycles. The topological polar surface area (TPSA) is 9.23 Å². The van der Waals surface area contributed by atoms with E-state index in [2.05, 4.69) is 25.6 Å². The third-order valence-electron chi connectivity index (χ3n) is 2.60. The molecule has 0 aromatic heterocycles. The van der Waals surface area contributed by atoms with E-state index in [9.17, 15) is 0 Å². The monoisotopic (exact) mass is 314 g/mol. The van der Waals surface area contributed by atoms with Crippen LogP contribution < -0.4 is 4.74 Å². The summed E-state index contributed by atoms with van der Waals surface area (Å²) in [5.41, 5.74) is 4.91. The number of halogens is 2. The van der Waals surface area contributed by atoms with Gasteiger partial charge in [-0.2, -0.15) is 0 Å². The van der Waals surface area contributed by atoms with Gasteiger partial charge < -0.3 is 4.74 Å². The van der Waals surface area contributed by atoms with Gasteiger partial charge >= 0.3 is 0 Å². The van der Waals surface area contributed by atoms with Crippen LogP contribution in [0.1, 0.15) is 32.3 Å². The zero-order valence-corrected chi connectivity index (χ0v) is 14.0. The van der Waals surface area contributed by atoms with Gasteiger partial charge in [0.15, 0.2) is 0 Å². The summed E-state index contributed by atoms with van der Waals surface area (Å²) in [6.07, 6.45) is 3.41. The zero-order valence-electron chi connectivity index (χ0n) is 11.5. The fourth-order valence-corrected chi connectivity index (χ4v) is 2.94. The highest BCUT2D eigenvalue weighted by Gasteiger charge is 2.06. The average molecular weight is 315 g/mol. The van der Waals surface area contributed by atoms with Gasteiger partial charge in [0.25, 0.3) is 0 Å². The first-order chi connectivity index (χ1) is 9.09. The van der Waals surface area contributed by atoms with Gasteiger partial charge in [0.1, 0.15) is 5.75 Å². The van der Waals surface area contributed by atoms with Crippen molar-refractivity contribution in [3.63, 3.8) is 0 Å². The minimum absolute atomic E-state index is 0.796. The zero-order chi connectivity index (χ0) is 14.1. The number of ether oxygens (including phenoxy) is 1. The molecular formula is C15H20Cl2OSi. The fourth-order valence-electron chi connectivity index (χ4n) is 1.74. The van der Waals surface area contributed by atoms with E-state index in [1.807, 2.05) is 18.2 Å². The van der Waals surface area contributed by atoms with Crippen molar-refractivity contribution in [3.8, 4) is 5.75 Å². The number of allylic oxidation sites excluding steroid dienone is 1. The Morgan fingerprint density at radius 3 is 2.68 bits per heavy atom. The van der Waals surface area contributed by atoms with E-state index in [4.69, 9.17) is 27.9 Å². The largest absolute Gasteiger partial charge is 0.460 e. The summed E-state index contributed by atoms with van der Waals surface area (Å²) in [5.74, 6) is 0.796. The predicted octanol–water partition coefficient (Wildman–Crippen LogP) is 5.20. The summed E-state index contributed by atoms with van der Waals surface area (Å²) >= 11 is 11.3. The standard InChI is InChI=1S/C15H20Cl2OSi/c1-12(2)11-19-10-6-5-8-13-7-3-4-9-14(13)18-15(16)17/h3-4,7,9,11,15H,5-6,8,10H2,1-2H3. The maximum absolute atomic E-state index is 5.65. The van der Waals surface area contributed by atoms with Gasteiger partial charge in [-0.05, 0) is 38.3 Å². The van der Waals surface area contributed by atoms with Crippen molar-refractivity contribution in [2.75, 3.05) is 0 Å². The molecule has 0 N–H and O–H groups in total. The molecule has 4 heteroatoms. The number of alkyl halides is 2. The van der Waals surface area contributed by atoms with E-state index < -0.39 is 5.02 Å². The van der Waals surface area contributed by atoms with E-state index >= 15 is 0 Å². The van der Waals surface area contributed by atoms with Crippen molar-refractivity contribution < 1.29 is 4.74 Å². The molecule has 104 valence electrons. The lowest BCUT2D eigenvalue weighted by Crippen LogP contribution is -2.02. The number of hydrogen-bond donors (Lipinski definition) is 0. The summed E-state index contributed by atoms with van der Waals surface area (Å²) in [5, 5.41) is -0.805. The van der Waals surface area contributed by atoms with E-state index in [1.165, 1.54) is 30.0 Å². The van der Waals surface area contributed by atoms with E-state index in [-0.39, 0.29) is 0 Å². The first-order valence-electron chi connectivity index (χ1n) is 6.49. The van der Waals surface area contributed by atoms with E-state index in [0.717, 1.165) is 21.7 Å². The van der Waals surface area contributed by atoms with E-state index in [1.54, 1.807) is 0 Å². The van der Waals surface area contributed by atoms with Crippen molar-refractivity contribution in [1.82, 2.24) is 0 Å². The molecule has 0 unspecified atom stereocenters.